The quantitative estimate of drug-likeness (QED) is 0.206. The fraction of sp³-hybridized carbons (Fsp3) is 0.0833. The van der Waals surface area contributed by atoms with Crippen molar-refractivity contribution in [3.05, 3.63) is 147 Å². The minimum atomic E-state index is -2.30. The Morgan fingerprint density at radius 1 is 0.538 bits per heavy atom. The van der Waals surface area contributed by atoms with Crippen molar-refractivity contribution in [2.75, 3.05) is 7.11 Å². The van der Waals surface area contributed by atoms with Crippen LogP contribution < -0.4 is 4.74 Å². The Labute approximate surface area is 231 Å². The molecule has 2 nitrogen and oxygen atoms in total. The summed E-state index contributed by atoms with van der Waals surface area (Å²) in [4.78, 5) is 0. The average Bonchev–Trinajstić information content (AvgIpc) is 3.21. The van der Waals surface area contributed by atoms with Crippen LogP contribution in [-0.2, 0) is 0 Å². The van der Waals surface area contributed by atoms with Crippen molar-refractivity contribution in [2.45, 2.75) is 13.1 Å². The molecule has 0 aliphatic carbocycles. The zero-order valence-electron chi connectivity index (χ0n) is 22.2. The van der Waals surface area contributed by atoms with Crippen molar-refractivity contribution in [1.29, 1.82) is 5.26 Å². The second-order valence-electron chi connectivity index (χ2n) is 9.77. The van der Waals surface area contributed by atoms with Gasteiger partial charge < -0.3 is 4.74 Å². The molecule has 0 radical (unpaired) electrons. The molecular weight excluding hydrogens is 490 g/mol. The van der Waals surface area contributed by atoms with E-state index in [0.29, 0.717) is 5.56 Å². The molecule has 4 aromatic rings. The highest BCUT2D eigenvalue weighted by Gasteiger charge is 2.41. The molecule has 0 spiro atoms. The van der Waals surface area contributed by atoms with Crippen molar-refractivity contribution < 1.29 is 4.74 Å². The van der Waals surface area contributed by atoms with E-state index in [4.69, 9.17) is 4.74 Å². The molecule has 0 saturated heterocycles. The predicted octanol–water partition coefficient (Wildman–Crippen LogP) is 7.68. The largest absolute Gasteiger partial charge is 0.497 e. The Kier molecular flexibility index (Phi) is 7.34. The van der Waals surface area contributed by atoms with Crippen molar-refractivity contribution >= 4 is 19.2 Å². The molecule has 0 atom stereocenters. The monoisotopic (exact) mass is 517 g/mol. The fourth-order valence-electron chi connectivity index (χ4n) is 4.80. The highest BCUT2D eigenvalue weighted by atomic mass is 28.3. The second-order valence-corrected chi connectivity index (χ2v) is 14.0. The Morgan fingerprint density at radius 2 is 0.949 bits per heavy atom. The first-order chi connectivity index (χ1) is 19.0. The third kappa shape index (κ3) is 5.34. The van der Waals surface area contributed by atoms with E-state index in [1.165, 1.54) is 16.3 Å². The van der Waals surface area contributed by atoms with E-state index < -0.39 is 8.07 Å². The second kappa shape index (κ2) is 11.2. The molecule has 0 aromatic heterocycles. The molecule has 186 valence electrons. The number of nitriles is 1. The number of rotatable bonds is 3. The van der Waals surface area contributed by atoms with Crippen LogP contribution in [0.25, 0.3) is 11.1 Å². The first-order valence-corrected chi connectivity index (χ1v) is 15.8. The average molecular weight is 518 g/mol. The number of allylic oxidation sites excluding steroid dienone is 4. The van der Waals surface area contributed by atoms with Gasteiger partial charge >= 0.3 is 0 Å². The van der Waals surface area contributed by atoms with E-state index in [9.17, 15) is 5.26 Å². The topological polar surface area (TPSA) is 33.0 Å². The Hall–Kier alpha value is -5.01. The Balaban J connectivity index is 1.73. The first-order valence-electron chi connectivity index (χ1n) is 12.8. The number of ether oxygens (including phenoxy) is 1. The Morgan fingerprint density at radius 3 is 1.36 bits per heavy atom. The lowest BCUT2D eigenvalue weighted by molar-refractivity contribution is 0.415. The Bertz CT molecular complexity index is 1730. The highest BCUT2D eigenvalue weighted by molar-refractivity contribution is 6.96. The van der Waals surface area contributed by atoms with E-state index in [1.54, 1.807) is 7.11 Å². The lowest BCUT2D eigenvalue weighted by atomic mass is 9.91. The standard InChI is InChI=1S/C36H27NOSi/c1-38-32-22-18-28(19-23-32)21-25-34-36(31-12-8-5-9-13-31)35(30-10-6-4-7-11-30)33(39(34,2)3)24-20-27-14-16-29(26-37)17-15-27/h4-19,22-23H,1-3H3. The van der Waals surface area contributed by atoms with E-state index in [-0.39, 0.29) is 0 Å². The number of hydrogen-bond donors (Lipinski definition) is 0. The van der Waals surface area contributed by atoms with E-state index >= 15 is 0 Å². The number of nitrogens with zero attached hydrogens (tertiary/aromatic N) is 1. The van der Waals surface area contributed by atoms with Crippen LogP contribution in [0.4, 0.5) is 0 Å². The number of hydrogen-bond acceptors (Lipinski definition) is 2. The molecule has 1 heterocycles. The fourth-order valence-corrected chi connectivity index (χ4v) is 7.58. The van der Waals surface area contributed by atoms with E-state index in [2.05, 4.69) is 91.4 Å². The van der Waals surface area contributed by atoms with Crippen LogP contribution in [0.1, 0.15) is 27.8 Å². The summed E-state index contributed by atoms with van der Waals surface area (Å²) in [5.41, 5.74) is 7.08. The lowest BCUT2D eigenvalue weighted by Gasteiger charge is -2.18. The smallest absolute Gasteiger partial charge is 0.135 e. The molecule has 0 N–H and O–H groups in total. The van der Waals surface area contributed by atoms with Gasteiger partial charge in [0.15, 0.2) is 0 Å². The van der Waals surface area contributed by atoms with Crippen molar-refractivity contribution in [1.82, 2.24) is 0 Å². The summed E-state index contributed by atoms with van der Waals surface area (Å²) in [7, 11) is -0.631. The van der Waals surface area contributed by atoms with Crippen molar-refractivity contribution in [3.8, 4) is 35.5 Å². The summed E-state index contributed by atoms with van der Waals surface area (Å²) in [6, 6.07) is 38.5. The molecule has 3 heteroatoms. The minimum absolute atomic E-state index is 0.629. The summed E-state index contributed by atoms with van der Waals surface area (Å²) in [6.07, 6.45) is 0. The molecule has 4 aromatic carbocycles. The van der Waals surface area contributed by atoms with Gasteiger partial charge in [0, 0.05) is 21.5 Å². The van der Waals surface area contributed by atoms with Gasteiger partial charge in [-0.15, -0.1) is 0 Å². The molecular formula is C36H27NOSi. The van der Waals surface area contributed by atoms with Gasteiger partial charge in [-0.1, -0.05) is 97.4 Å². The molecule has 0 bridgehead atoms. The van der Waals surface area contributed by atoms with E-state index in [0.717, 1.165) is 33.2 Å². The normalized spacial score (nSPS) is 13.6. The third-order valence-electron chi connectivity index (χ3n) is 6.89. The van der Waals surface area contributed by atoms with Gasteiger partial charge in [-0.2, -0.15) is 5.26 Å². The molecule has 1 aliphatic heterocycles. The molecule has 0 fully saturated rings. The zero-order chi connectivity index (χ0) is 27.2. The van der Waals surface area contributed by atoms with Gasteiger partial charge in [-0.25, -0.2) is 0 Å². The summed E-state index contributed by atoms with van der Waals surface area (Å²) >= 11 is 0. The minimum Gasteiger partial charge on any atom is -0.497 e. The maximum atomic E-state index is 9.17. The summed E-state index contributed by atoms with van der Waals surface area (Å²) in [6.45, 7) is 4.68. The van der Waals surface area contributed by atoms with Gasteiger partial charge in [0.05, 0.1) is 18.7 Å². The molecule has 1 aliphatic rings. The van der Waals surface area contributed by atoms with Gasteiger partial charge in [0.25, 0.3) is 0 Å². The van der Waals surface area contributed by atoms with Gasteiger partial charge in [0.1, 0.15) is 13.8 Å². The molecule has 0 saturated carbocycles. The molecule has 0 unspecified atom stereocenters. The van der Waals surface area contributed by atoms with E-state index in [1.807, 2.05) is 60.7 Å². The summed E-state index contributed by atoms with van der Waals surface area (Å²) in [5.74, 6) is 14.9. The highest BCUT2D eigenvalue weighted by Crippen LogP contribution is 2.48. The zero-order valence-corrected chi connectivity index (χ0v) is 23.2. The van der Waals surface area contributed by atoms with Gasteiger partial charge in [0.2, 0.25) is 0 Å². The predicted molar refractivity (Wildman–Crippen MR) is 162 cm³/mol. The lowest BCUT2D eigenvalue weighted by Crippen LogP contribution is -2.29. The maximum Gasteiger partial charge on any atom is 0.135 e. The maximum absolute atomic E-state index is 9.17. The third-order valence-corrected chi connectivity index (χ3v) is 10.1. The van der Waals surface area contributed by atoms with Crippen LogP contribution in [0.5, 0.6) is 5.75 Å². The van der Waals surface area contributed by atoms with Crippen LogP contribution in [0, 0.1) is 35.0 Å². The number of benzene rings is 4. The van der Waals surface area contributed by atoms with Crippen LogP contribution in [0.2, 0.25) is 13.1 Å². The molecule has 5 rings (SSSR count). The summed E-state index contributed by atoms with van der Waals surface area (Å²) < 4.78 is 5.32. The SMILES string of the molecule is COc1ccc(C#CC2=C(c3ccccc3)C(c3ccccc3)=C(C#Cc3ccc(C#N)cc3)[Si]2(C)C)cc1. The van der Waals surface area contributed by atoms with Crippen LogP contribution in [-0.4, -0.2) is 15.2 Å². The molecule has 0 amide bonds. The van der Waals surface area contributed by atoms with Gasteiger partial charge in [-0.3, -0.25) is 0 Å². The van der Waals surface area contributed by atoms with Gasteiger partial charge in [-0.05, 0) is 70.8 Å². The first kappa shape index (κ1) is 25.6. The molecule has 39 heavy (non-hydrogen) atoms. The van der Waals surface area contributed by atoms with Crippen molar-refractivity contribution in [3.63, 3.8) is 0 Å². The van der Waals surface area contributed by atoms with Crippen LogP contribution in [0.15, 0.2) is 120 Å². The van der Waals surface area contributed by atoms with Crippen LogP contribution in [0.3, 0.4) is 0 Å². The number of methoxy groups -OCH3 is 1. The summed E-state index contributed by atoms with van der Waals surface area (Å²) in [5, 5.41) is 11.5. The van der Waals surface area contributed by atoms with Crippen molar-refractivity contribution in [2.24, 2.45) is 0 Å². The van der Waals surface area contributed by atoms with Crippen LogP contribution >= 0.6 is 0 Å².